The van der Waals surface area contributed by atoms with Crippen LogP contribution in [0.25, 0.3) is 5.69 Å². The molecule has 4 rings (SSSR count). The van der Waals surface area contributed by atoms with Crippen molar-refractivity contribution < 1.29 is 4.79 Å². The molecule has 0 spiro atoms. The van der Waals surface area contributed by atoms with E-state index in [0.717, 1.165) is 22.8 Å². The summed E-state index contributed by atoms with van der Waals surface area (Å²) in [4.78, 5) is 16.7. The van der Waals surface area contributed by atoms with Crippen LogP contribution < -0.4 is 5.32 Å². The van der Waals surface area contributed by atoms with Gasteiger partial charge in [-0.05, 0) is 35.9 Å². The molecule has 1 N–H and O–H groups in total. The summed E-state index contributed by atoms with van der Waals surface area (Å²) in [5.74, 6) is 0.884. The van der Waals surface area contributed by atoms with Crippen molar-refractivity contribution in [2.75, 3.05) is 12.3 Å². The van der Waals surface area contributed by atoms with Gasteiger partial charge in [0.15, 0.2) is 5.16 Å². The number of hydrogen-bond acceptors (Lipinski definition) is 5. The van der Waals surface area contributed by atoms with Gasteiger partial charge in [0.25, 0.3) is 0 Å². The number of benzene rings is 2. The van der Waals surface area contributed by atoms with Crippen molar-refractivity contribution >= 4 is 40.9 Å². The molecule has 9 heteroatoms. The van der Waals surface area contributed by atoms with Gasteiger partial charge < -0.3 is 5.32 Å². The zero-order chi connectivity index (χ0) is 23.0. The first kappa shape index (κ1) is 23.3. The van der Waals surface area contributed by atoms with E-state index in [2.05, 4.69) is 20.5 Å². The quantitative estimate of drug-likeness (QED) is 0.329. The summed E-state index contributed by atoms with van der Waals surface area (Å²) >= 11 is 13.7. The molecule has 0 aliphatic heterocycles. The van der Waals surface area contributed by atoms with Gasteiger partial charge in [-0.25, -0.2) is 0 Å². The Balaban J connectivity index is 1.47. The van der Waals surface area contributed by atoms with Crippen LogP contribution in [-0.2, 0) is 17.6 Å². The third kappa shape index (κ3) is 6.35. The maximum absolute atomic E-state index is 12.4. The minimum absolute atomic E-state index is 0.0794. The molecule has 168 valence electrons. The molecule has 2 aromatic heterocycles. The monoisotopic (exact) mass is 497 g/mol. The van der Waals surface area contributed by atoms with Crippen molar-refractivity contribution in [3.05, 3.63) is 100 Å². The van der Waals surface area contributed by atoms with Crippen molar-refractivity contribution in [1.82, 2.24) is 25.1 Å². The van der Waals surface area contributed by atoms with E-state index in [1.807, 2.05) is 59.2 Å². The van der Waals surface area contributed by atoms with Crippen molar-refractivity contribution in [3.8, 4) is 5.69 Å². The molecule has 0 unspecified atom stereocenters. The highest BCUT2D eigenvalue weighted by atomic mass is 35.5. The summed E-state index contributed by atoms with van der Waals surface area (Å²) in [6.45, 7) is 0.523. The van der Waals surface area contributed by atoms with Crippen molar-refractivity contribution in [2.45, 2.75) is 18.0 Å². The average molecular weight is 498 g/mol. The minimum Gasteiger partial charge on any atom is -0.355 e. The summed E-state index contributed by atoms with van der Waals surface area (Å²) < 4.78 is 1.92. The van der Waals surface area contributed by atoms with Gasteiger partial charge in [-0.1, -0.05) is 71.4 Å². The van der Waals surface area contributed by atoms with Gasteiger partial charge in [-0.15, -0.1) is 10.2 Å². The number of nitrogens with one attached hydrogen (secondary N) is 1. The fraction of sp³-hybridized carbons (Fsp3) is 0.167. The molecule has 1 amide bonds. The number of nitrogens with zero attached hydrogens (tertiary/aromatic N) is 4. The molecule has 0 aliphatic carbocycles. The number of carbonyl (C=O) groups is 1. The third-order valence-corrected chi connectivity index (χ3v) is 6.50. The largest absolute Gasteiger partial charge is 0.355 e. The van der Waals surface area contributed by atoms with Crippen LogP contribution in [0.3, 0.4) is 0 Å². The van der Waals surface area contributed by atoms with Crippen LogP contribution in [0.2, 0.25) is 10.0 Å². The maximum atomic E-state index is 12.4. The van der Waals surface area contributed by atoms with Gasteiger partial charge in [0, 0.05) is 31.3 Å². The molecule has 2 heterocycles. The molecule has 4 aromatic rings. The molecule has 0 atom stereocenters. The molecule has 6 nitrogen and oxygen atoms in total. The Bertz CT molecular complexity index is 1220. The van der Waals surface area contributed by atoms with E-state index in [9.17, 15) is 4.79 Å². The average Bonchev–Trinajstić information content (AvgIpc) is 3.23. The highest BCUT2D eigenvalue weighted by Crippen LogP contribution is 2.28. The number of aromatic nitrogens is 4. The lowest BCUT2D eigenvalue weighted by Gasteiger charge is -2.11. The van der Waals surface area contributed by atoms with Gasteiger partial charge in [0.05, 0.1) is 21.5 Å². The van der Waals surface area contributed by atoms with Crippen molar-refractivity contribution in [2.24, 2.45) is 0 Å². The molecular weight excluding hydrogens is 477 g/mol. The zero-order valence-electron chi connectivity index (χ0n) is 17.6. The van der Waals surface area contributed by atoms with E-state index in [0.29, 0.717) is 34.6 Å². The van der Waals surface area contributed by atoms with Gasteiger partial charge >= 0.3 is 0 Å². The topological polar surface area (TPSA) is 72.7 Å². The lowest BCUT2D eigenvalue weighted by Crippen LogP contribution is -2.27. The first-order valence-electron chi connectivity index (χ1n) is 10.3. The number of pyridine rings is 1. The Morgan fingerprint density at radius 1 is 0.970 bits per heavy atom. The minimum atomic E-state index is -0.0794. The first-order valence-corrected chi connectivity index (χ1v) is 12.1. The van der Waals surface area contributed by atoms with Crippen molar-refractivity contribution in [1.29, 1.82) is 0 Å². The van der Waals surface area contributed by atoms with Crippen molar-refractivity contribution in [3.63, 3.8) is 0 Å². The zero-order valence-corrected chi connectivity index (χ0v) is 19.9. The lowest BCUT2D eigenvalue weighted by molar-refractivity contribution is -0.118. The SMILES string of the molecule is O=C(CSc1nnc(Cc2ccccc2)n1-c1ccc(Cl)c(Cl)c1)NCCc1ccccn1. The van der Waals surface area contributed by atoms with Gasteiger partial charge in [-0.2, -0.15) is 0 Å². The number of halogens is 2. The van der Waals surface area contributed by atoms with E-state index in [4.69, 9.17) is 23.2 Å². The second kappa shape index (κ2) is 11.3. The molecule has 0 radical (unpaired) electrons. The molecule has 0 fully saturated rings. The van der Waals surface area contributed by atoms with E-state index in [1.54, 1.807) is 18.3 Å². The van der Waals surface area contributed by atoms with E-state index in [-0.39, 0.29) is 11.7 Å². The maximum Gasteiger partial charge on any atom is 0.230 e. The van der Waals surface area contributed by atoms with Crippen LogP contribution >= 0.6 is 35.0 Å². The highest BCUT2D eigenvalue weighted by molar-refractivity contribution is 7.99. The summed E-state index contributed by atoms with van der Waals surface area (Å²) in [5.41, 5.74) is 2.84. The highest BCUT2D eigenvalue weighted by Gasteiger charge is 2.17. The predicted octanol–water partition coefficient (Wildman–Crippen LogP) is 5.01. The number of hydrogen-bond donors (Lipinski definition) is 1. The number of carbonyl (C=O) groups excluding carboxylic acids is 1. The standard InChI is InChI=1S/C24H21Cl2N5OS/c25-20-10-9-19(15-21(20)26)31-22(14-17-6-2-1-3-7-17)29-30-24(31)33-16-23(32)28-13-11-18-8-4-5-12-27-18/h1-10,12,15H,11,13-14,16H2,(H,28,32). The molecule has 0 aliphatic rings. The second-order valence-electron chi connectivity index (χ2n) is 7.20. The van der Waals surface area contributed by atoms with Gasteiger partial charge in [0.2, 0.25) is 5.91 Å². The third-order valence-electron chi connectivity index (χ3n) is 4.83. The normalized spacial score (nSPS) is 10.8. The van der Waals surface area contributed by atoms with E-state index >= 15 is 0 Å². The fourth-order valence-electron chi connectivity index (χ4n) is 3.23. The van der Waals surface area contributed by atoms with Gasteiger partial charge in [-0.3, -0.25) is 14.3 Å². The summed E-state index contributed by atoms with van der Waals surface area (Å²) in [6.07, 6.45) is 3.01. The molecule has 0 bridgehead atoms. The first-order chi connectivity index (χ1) is 16.1. The summed E-state index contributed by atoms with van der Waals surface area (Å²) in [7, 11) is 0. The number of amides is 1. The van der Waals surface area contributed by atoms with Crippen LogP contribution in [0.1, 0.15) is 17.1 Å². The predicted molar refractivity (Wildman–Crippen MR) is 132 cm³/mol. The van der Waals surface area contributed by atoms with Gasteiger partial charge in [0.1, 0.15) is 5.82 Å². The molecule has 2 aromatic carbocycles. The summed E-state index contributed by atoms with van der Waals surface area (Å²) in [5, 5.41) is 13.2. The van der Waals surface area contributed by atoms with Crippen LogP contribution in [0.4, 0.5) is 0 Å². The fourth-order valence-corrected chi connectivity index (χ4v) is 4.32. The van der Waals surface area contributed by atoms with Crippen LogP contribution in [0, 0.1) is 0 Å². The molecule has 0 saturated carbocycles. The van der Waals surface area contributed by atoms with E-state index in [1.165, 1.54) is 11.8 Å². The summed E-state index contributed by atoms with van der Waals surface area (Å²) in [6, 6.07) is 21.1. The second-order valence-corrected chi connectivity index (χ2v) is 8.96. The Labute approximate surface area is 206 Å². The molecule has 33 heavy (non-hydrogen) atoms. The Morgan fingerprint density at radius 3 is 2.55 bits per heavy atom. The lowest BCUT2D eigenvalue weighted by atomic mass is 10.1. The Kier molecular flexibility index (Phi) is 7.99. The van der Waals surface area contributed by atoms with Crippen LogP contribution in [0.5, 0.6) is 0 Å². The van der Waals surface area contributed by atoms with E-state index < -0.39 is 0 Å². The molecular formula is C24H21Cl2N5OS. The smallest absolute Gasteiger partial charge is 0.230 e. The number of thioether (sulfide) groups is 1. The Morgan fingerprint density at radius 2 is 1.79 bits per heavy atom. The Hall–Kier alpha value is -2.87. The number of rotatable bonds is 9. The van der Waals surface area contributed by atoms with Crippen LogP contribution in [-0.4, -0.2) is 38.0 Å². The molecule has 0 saturated heterocycles. The van der Waals surface area contributed by atoms with Crippen LogP contribution in [0.15, 0.2) is 78.1 Å².